The number of hydrogen-bond donors (Lipinski definition) is 1. The van der Waals surface area contributed by atoms with E-state index in [1.807, 2.05) is 12.1 Å². The lowest BCUT2D eigenvalue weighted by molar-refractivity contribution is 0.0606. The molecule has 3 nitrogen and oxygen atoms in total. The molecule has 0 amide bonds. The number of alkyl halides is 1. The van der Waals surface area contributed by atoms with Crippen LogP contribution < -0.4 is 0 Å². The molecule has 2 aliphatic carbocycles. The van der Waals surface area contributed by atoms with Gasteiger partial charge in [-0.05, 0) is 62.0 Å². The van der Waals surface area contributed by atoms with Crippen LogP contribution in [0.5, 0.6) is 0 Å². The van der Waals surface area contributed by atoms with E-state index in [2.05, 4.69) is 0 Å². The summed E-state index contributed by atoms with van der Waals surface area (Å²) in [4.78, 5) is 13.5. The molecule has 2 aliphatic rings. The van der Waals surface area contributed by atoms with Crippen molar-refractivity contribution in [1.29, 1.82) is 0 Å². The molecule has 3 rings (SSSR count). The number of hydrogen-bond acceptors (Lipinski definition) is 4. The molecule has 152 valence electrons. The summed E-state index contributed by atoms with van der Waals surface area (Å²) >= 11 is 8.14. The third-order valence-corrected chi connectivity index (χ3v) is 8.24. The smallest absolute Gasteiger partial charge is 0.348 e. The Hall–Kier alpha value is -0.580. The van der Waals surface area contributed by atoms with Crippen molar-refractivity contribution in [2.24, 2.45) is 17.8 Å². The Balaban J connectivity index is 1.47. The zero-order valence-electron chi connectivity index (χ0n) is 16.4. The Kier molecular flexibility index (Phi) is 8.04. The number of methoxy groups -OCH3 is 1. The van der Waals surface area contributed by atoms with Crippen LogP contribution in [0.2, 0.25) is 0 Å². The number of carbonyl (C=O) groups excluding carboxylic acids is 1. The topological polar surface area (TPSA) is 46.5 Å². The molecule has 0 unspecified atom stereocenters. The van der Waals surface area contributed by atoms with Crippen molar-refractivity contribution < 1.29 is 14.6 Å². The highest BCUT2D eigenvalue weighted by molar-refractivity contribution is 7.13. The zero-order valence-corrected chi connectivity index (χ0v) is 17.9. The summed E-state index contributed by atoms with van der Waals surface area (Å²) in [6, 6.07) is 3.88. The Morgan fingerprint density at radius 2 is 1.96 bits per heavy atom. The SMILES string of the molecule is COC(=O)c1ccc(CCC[C@@H]2[C@@H](CCC3CCCCC3)[C@H](O)C[C@@H]2Cl)s1. The molecule has 1 N–H and O–H groups in total. The second-order valence-corrected chi connectivity index (χ2v) is 10.1. The van der Waals surface area contributed by atoms with Gasteiger partial charge in [0.2, 0.25) is 0 Å². The molecule has 0 saturated heterocycles. The third kappa shape index (κ3) is 5.71. The first-order valence-corrected chi connectivity index (χ1v) is 11.8. The minimum Gasteiger partial charge on any atom is -0.465 e. The Morgan fingerprint density at radius 1 is 1.19 bits per heavy atom. The number of carbonyl (C=O) groups is 1. The number of aliphatic hydroxyl groups excluding tert-OH is 1. The highest BCUT2D eigenvalue weighted by Gasteiger charge is 2.40. The van der Waals surface area contributed by atoms with Crippen molar-refractivity contribution in [2.45, 2.75) is 82.1 Å². The second kappa shape index (κ2) is 10.3. The summed E-state index contributed by atoms with van der Waals surface area (Å²) < 4.78 is 4.78. The van der Waals surface area contributed by atoms with E-state index < -0.39 is 0 Å². The monoisotopic (exact) mass is 412 g/mol. The van der Waals surface area contributed by atoms with Crippen LogP contribution in [-0.2, 0) is 11.2 Å². The van der Waals surface area contributed by atoms with E-state index in [1.165, 1.54) is 61.8 Å². The number of aryl methyl sites for hydroxylation is 1. The van der Waals surface area contributed by atoms with Gasteiger partial charge in [-0.15, -0.1) is 22.9 Å². The molecule has 0 aliphatic heterocycles. The lowest BCUT2D eigenvalue weighted by Gasteiger charge is -2.27. The molecule has 0 radical (unpaired) electrons. The largest absolute Gasteiger partial charge is 0.465 e. The summed E-state index contributed by atoms with van der Waals surface area (Å²) in [7, 11) is 1.42. The average Bonchev–Trinajstić information content (AvgIpc) is 3.25. The lowest BCUT2D eigenvalue weighted by atomic mass is 9.80. The van der Waals surface area contributed by atoms with Gasteiger partial charge in [-0.25, -0.2) is 4.79 Å². The van der Waals surface area contributed by atoms with E-state index >= 15 is 0 Å². The Bertz CT molecular complexity index is 596. The fourth-order valence-electron chi connectivity index (χ4n) is 5.07. The minimum absolute atomic E-state index is 0.102. The van der Waals surface area contributed by atoms with Crippen molar-refractivity contribution in [3.05, 3.63) is 21.9 Å². The van der Waals surface area contributed by atoms with E-state index in [0.29, 0.717) is 16.7 Å². The summed E-state index contributed by atoms with van der Waals surface area (Å²) in [6.07, 6.45) is 12.9. The standard InChI is InChI=1S/C22H33ClO3S/c1-26-22(25)21-13-11-16(27-21)8-5-9-17-18(20(24)14-19(17)23)12-10-15-6-3-2-4-7-15/h11,13,15,17-20,24H,2-10,12,14H2,1H3/t17-,18-,19+,20-/m1/s1. The number of thiophene rings is 1. The van der Waals surface area contributed by atoms with E-state index in [4.69, 9.17) is 16.3 Å². The quantitative estimate of drug-likeness (QED) is 0.432. The van der Waals surface area contributed by atoms with Crippen LogP contribution in [0.1, 0.15) is 78.8 Å². The number of halogens is 1. The molecular weight excluding hydrogens is 380 g/mol. The van der Waals surface area contributed by atoms with Crippen LogP contribution >= 0.6 is 22.9 Å². The molecule has 27 heavy (non-hydrogen) atoms. The predicted octanol–water partition coefficient (Wildman–Crippen LogP) is 5.82. The molecule has 4 atom stereocenters. The normalized spacial score (nSPS) is 29.1. The maximum atomic E-state index is 11.6. The molecule has 1 aromatic heterocycles. The van der Waals surface area contributed by atoms with Gasteiger partial charge in [-0.2, -0.15) is 0 Å². The number of esters is 1. The summed E-state index contributed by atoms with van der Waals surface area (Å²) in [5.41, 5.74) is 0. The van der Waals surface area contributed by atoms with E-state index in [1.54, 1.807) is 0 Å². The molecule has 2 fully saturated rings. The van der Waals surface area contributed by atoms with Crippen LogP contribution in [-0.4, -0.2) is 29.7 Å². The molecule has 1 aromatic rings. The Labute approximate surface area is 172 Å². The first-order valence-electron chi connectivity index (χ1n) is 10.6. The summed E-state index contributed by atoms with van der Waals surface area (Å²) in [6.45, 7) is 0. The molecule has 5 heteroatoms. The van der Waals surface area contributed by atoms with E-state index in [9.17, 15) is 9.90 Å². The first-order chi connectivity index (χ1) is 13.1. The van der Waals surface area contributed by atoms with Crippen molar-refractivity contribution in [3.63, 3.8) is 0 Å². The number of rotatable bonds is 8. The van der Waals surface area contributed by atoms with Gasteiger partial charge in [0.05, 0.1) is 13.2 Å². The molecule has 1 heterocycles. The third-order valence-electron chi connectivity index (χ3n) is 6.62. The van der Waals surface area contributed by atoms with Gasteiger partial charge in [0.15, 0.2) is 0 Å². The zero-order chi connectivity index (χ0) is 19.2. The molecule has 0 spiro atoms. The van der Waals surface area contributed by atoms with Gasteiger partial charge in [-0.1, -0.05) is 38.5 Å². The highest BCUT2D eigenvalue weighted by atomic mass is 35.5. The summed E-state index contributed by atoms with van der Waals surface area (Å²) in [5.74, 6) is 1.39. The highest BCUT2D eigenvalue weighted by Crippen LogP contribution is 2.43. The van der Waals surface area contributed by atoms with Gasteiger partial charge in [0.25, 0.3) is 0 Å². The van der Waals surface area contributed by atoms with Gasteiger partial charge in [0, 0.05) is 10.3 Å². The Morgan fingerprint density at radius 3 is 2.70 bits per heavy atom. The van der Waals surface area contributed by atoms with Crippen LogP contribution in [0.15, 0.2) is 12.1 Å². The van der Waals surface area contributed by atoms with Crippen molar-refractivity contribution >= 4 is 28.9 Å². The maximum Gasteiger partial charge on any atom is 0.348 e. The van der Waals surface area contributed by atoms with Crippen molar-refractivity contribution in [1.82, 2.24) is 0 Å². The number of aliphatic hydroxyl groups is 1. The fraction of sp³-hybridized carbons (Fsp3) is 0.773. The average molecular weight is 413 g/mol. The van der Waals surface area contributed by atoms with Crippen LogP contribution in [0.4, 0.5) is 0 Å². The molecule has 2 saturated carbocycles. The molecular formula is C22H33ClO3S. The van der Waals surface area contributed by atoms with E-state index in [0.717, 1.165) is 38.0 Å². The van der Waals surface area contributed by atoms with Gasteiger partial charge in [-0.3, -0.25) is 0 Å². The van der Waals surface area contributed by atoms with Crippen LogP contribution in [0.25, 0.3) is 0 Å². The van der Waals surface area contributed by atoms with Crippen molar-refractivity contribution in [3.8, 4) is 0 Å². The summed E-state index contributed by atoms with van der Waals surface area (Å²) in [5, 5.41) is 10.6. The molecule has 0 bridgehead atoms. The van der Waals surface area contributed by atoms with Crippen LogP contribution in [0, 0.1) is 17.8 Å². The van der Waals surface area contributed by atoms with Gasteiger partial charge < -0.3 is 9.84 Å². The molecule has 0 aromatic carbocycles. The van der Waals surface area contributed by atoms with Crippen LogP contribution in [0.3, 0.4) is 0 Å². The fourth-order valence-corrected chi connectivity index (χ4v) is 6.54. The van der Waals surface area contributed by atoms with Gasteiger partial charge >= 0.3 is 5.97 Å². The first kappa shape index (κ1) is 21.1. The second-order valence-electron chi connectivity index (χ2n) is 8.38. The number of ether oxygens (including phenoxy) is 1. The van der Waals surface area contributed by atoms with Crippen molar-refractivity contribution in [2.75, 3.05) is 7.11 Å². The van der Waals surface area contributed by atoms with Gasteiger partial charge in [0.1, 0.15) is 4.88 Å². The minimum atomic E-state index is -0.256. The van der Waals surface area contributed by atoms with E-state index in [-0.39, 0.29) is 17.5 Å². The lowest BCUT2D eigenvalue weighted by Crippen LogP contribution is -2.22. The maximum absolute atomic E-state index is 11.6. The predicted molar refractivity (Wildman–Crippen MR) is 112 cm³/mol.